The Bertz CT molecular complexity index is 594. The van der Waals surface area contributed by atoms with Crippen molar-refractivity contribution in [2.24, 2.45) is 0 Å². The molecular formula is C11H6ClFN4. The van der Waals surface area contributed by atoms with Crippen molar-refractivity contribution >= 4 is 23.1 Å². The van der Waals surface area contributed by atoms with Crippen LogP contribution in [0.25, 0.3) is 0 Å². The third kappa shape index (κ3) is 2.68. The summed E-state index contributed by atoms with van der Waals surface area (Å²) in [5.74, 6) is -0.642. The Kier molecular flexibility index (Phi) is 3.17. The molecule has 0 radical (unpaired) electrons. The van der Waals surface area contributed by atoms with E-state index in [1.807, 2.05) is 6.07 Å². The predicted molar refractivity (Wildman–Crippen MR) is 61.4 cm³/mol. The summed E-state index contributed by atoms with van der Waals surface area (Å²) in [4.78, 5) is 7.21. The second-order valence-electron chi connectivity index (χ2n) is 3.15. The highest BCUT2D eigenvalue weighted by Gasteiger charge is 2.06. The monoisotopic (exact) mass is 248 g/mol. The summed E-state index contributed by atoms with van der Waals surface area (Å²) in [6.07, 6.45) is 0.978. The van der Waals surface area contributed by atoms with Crippen molar-refractivity contribution in [3.8, 4) is 6.07 Å². The molecule has 1 aromatic heterocycles. The maximum absolute atomic E-state index is 13.3. The van der Waals surface area contributed by atoms with Crippen LogP contribution in [0.5, 0.6) is 0 Å². The van der Waals surface area contributed by atoms with Crippen LogP contribution in [-0.4, -0.2) is 9.97 Å². The van der Waals surface area contributed by atoms with Gasteiger partial charge in [-0.15, -0.1) is 0 Å². The van der Waals surface area contributed by atoms with Crippen molar-refractivity contribution in [1.82, 2.24) is 9.97 Å². The predicted octanol–water partition coefficient (Wildman–Crippen LogP) is 2.88. The summed E-state index contributed by atoms with van der Waals surface area (Å²) < 4.78 is 13.3. The smallest absolute Gasteiger partial charge is 0.224 e. The van der Waals surface area contributed by atoms with E-state index in [4.69, 9.17) is 16.9 Å². The fourth-order valence-electron chi connectivity index (χ4n) is 1.24. The second-order valence-corrected chi connectivity index (χ2v) is 3.49. The normalized spacial score (nSPS) is 9.71. The van der Waals surface area contributed by atoms with E-state index in [0.717, 1.165) is 6.20 Å². The zero-order valence-corrected chi connectivity index (χ0v) is 9.24. The first kappa shape index (κ1) is 11.3. The van der Waals surface area contributed by atoms with Gasteiger partial charge in [-0.1, -0.05) is 6.07 Å². The first-order chi connectivity index (χ1) is 8.19. The number of rotatable bonds is 2. The molecule has 0 saturated carbocycles. The molecule has 0 aliphatic heterocycles. The van der Waals surface area contributed by atoms with Crippen molar-refractivity contribution in [2.75, 3.05) is 5.32 Å². The Balaban J connectivity index is 2.31. The number of nitrogens with one attached hydrogen (secondary N) is 1. The van der Waals surface area contributed by atoms with Gasteiger partial charge in [0.15, 0.2) is 11.6 Å². The minimum absolute atomic E-state index is 0.0277. The highest BCUT2D eigenvalue weighted by Crippen LogP contribution is 2.19. The van der Waals surface area contributed by atoms with E-state index in [0.29, 0.717) is 11.3 Å². The van der Waals surface area contributed by atoms with E-state index >= 15 is 0 Å². The van der Waals surface area contributed by atoms with Gasteiger partial charge in [0.25, 0.3) is 0 Å². The number of nitriles is 1. The molecule has 6 heteroatoms. The third-order valence-electron chi connectivity index (χ3n) is 1.97. The number of halogens is 2. The van der Waals surface area contributed by atoms with Crippen molar-refractivity contribution in [2.45, 2.75) is 0 Å². The van der Waals surface area contributed by atoms with Crippen LogP contribution in [0.3, 0.4) is 0 Å². The number of nitrogens with zero attached hydrogens (tertiary/aromatic N) is 3. The van der Waals surface area contributed by atoms with Gasteiger partial charge in [0.2, 0.25) is 5.28 Å². The fraction of sp³-hybridized carbons (Fsp3) is 0. The average Bonchev–Trinajstić information content (AvgIpc) is 2.34. The highest BCUT2D eigenvalue weighted by atomic mass is 35.5. The summed E-state index contributed by atoms with van der Waals surface area (Å²) in [6.45, 7) is 0. The van der Waals surface area contributed by atoms with Crippen LogP contribution < -0.4 is 5.32 Å². The SMILES string of the molecule is N#Cc1cccc(Nc2nc(Cl)ncc2F)c1. The Labute approximate surface area is 102 Å². The highest BCUT2D eigenvalue weighted by molar-refractivity contribution is 6.28. The molecule has 1 N–H and O–H groups in total. The van der Waals surface area contributed by atoms with E-state index in [9.17, 15) is 4.39 Å². The standard InChI is InChI=1S/C11H6ClFN4/c12-11-15-6-9(13)10(17-11)16-8-3-1-2-7(4-8)5-14/h1-4,6H,(H,15,16,17). The van der Waals surface area contributed by atoms with Crippen LogP contribution in [0.15, 0.2) is 30.5 Å². The first-order valence-corrected chi connectivity index (χ1v) is 5.02. The number of hydrogen-bond acceptors (Lipinski definition) is 4. The van der Waals surface area contributed by atoms with Crippen LogP contribution in [-0.2, 0) is 0 Å². The Morgan fingerprint density at radius 1 is 1.41 bits per heavy atom. The Morgan fingerprint density at radius 2 is 2.24 bits per heavy atom. The molecule has 0 aliphatic carbocycles. The first-order valence-electron chi connectivity index (χ1n) is 4.64. The van der Waals surface area contributed by atoms with E-state index in [1.165, 1.54) is 0 Å². The molecule has 1 heterocycles. The maximum Gasteiger partial charge on any atom is 0.224 e. The van der Waals surface area contributed by atoms with Crippen molar-refractivity contribution in [1.29, 1.82) is 5.26 Å². The molecule has 0 atom stereocenters. The second kappa shape index (κ2) is 4.76. The molecule has 2 rings (SSSR count). The van der Waals surface area contributed by atoms with Crippen LogP contribution >= 0.6 is 11.6 Å². The molecule has 1 aromatic carbocycles. The molecular weight excluding hydrogens is 243 g/mol. The Hall–Kier alpha value is -2.19. The summed E-state index contributed by atoms with van der Waals surface area (Å²) in [5, 5.41) is 11.4. The number of hydrogen-bond donors (Lipinski definition) is 1. The van der Waals surface area contributed by atoms with Gasteiger partial charge in [0.05, 0.1) is 17.8 Å². The van der Waals surface area contributed by atoms with E-state index in [1.54, 1.807) is 24.3 Å². The van der Waals surface area contributed by atoms with E-state index < -0.39 is 5.82 Å². The molecule has 2 aromatic rings. The van der Waals surface area contributed by atoms with Crippen LogP contribution in [0.2, 0.25) is 5.28 Å². The lowest BCUT2D eigenvalue weighted by Crippen LogP contribution is -1.98. The third-order valence-corrected chi connectivity index (χ3v) is 2.15. The maximum atomic E-state index is 13.3. The fourth-order valence-corrected chi connectivity index (χ4v) is 1.37. The number of aromatic nitrogens is 2. The average molecular weight is 249 g/mol. The summed E-state index contributed by atoms with van der Waals surface area (Å²) >= 11 is 5.56. The van der Waals surface area contributed by atoms with Crippen LogP contribution in [0.1, 0.15) is 5.56 Å². The largest absolute Gasteiger partial charge is 0.338 e. The van der Waals surface area contributed by atoms with E-state index in [2.05, 4.69) is 15.3 Å². The van der Waals surface area contributed by atoms with Gasteiger partial charge in [-0.2, -0.15) is 10.2 Å². The zero-order chi connectivity index (χ0) is 12.3. The molecule has 0 unspecified atom stereocenters. The minimum atomic E-state index is -0.614. The molecule has 0 fully saturated rings. The lowest BCUT2D eigenvalue weighted by molar-refractivity contribution is 0.619. The van der Waals surface area contributed by atoms with Crippen molar-refractivity contribution in [3.63, 3.8) is 0 Å². The number of benzene rings is 1. The van der Waals surface area contributed by atoms with Gasteiger partial charge in [-0.3, -0.25) is 0 Å². The molecule has 17 heavy (non-hydrogen) atoms. The Morgan fingerprint density at radius 3 is 3.00 bits per heavy atom. The van der Waals surface area contributed by atoms with Gasteiger partial charge in [0.1, 0.15) is 0 Å². The molecule has 0 aliphatic rings. The molecule has 4 nitrogen and oxygen atoms in total. The van der Waals surface area contributed by atoms with Gasteiger partial charge < -0.3 is 5.32 Å². The zero-order valence-electron chi connectivity index (χ0n) is 8.48. The molecule has 0 spiro atoms. The van der Waals surface area contributed by atoms with Crippen molar-refractivity contribution < 1.29 is 4.39 Å². The van der Waals surface area contributed by atoms with Gasteiger partial charge in [0, 0.05) is 5.69 Å². The van der Waals surface area contributed by atoms with Gasteiger partial charge in [-0.05, 0) is 29.8 Å². The summed E-state index contributed by atoms with van der Waals surface area (Å²) in [7, 11) is 0. The van der Waals surface area contributed by atoms with Gasteiger partial charge in [-0.25, -0.2) is 9.37 Å². The lowest BCUT2D eigenvalue weighted by atomic mass is 10.2. The number of anilines is 2. The van der Waals surface area contributed by atoms with Crippen LogP contribution in [0, 0.1) is 17.1 Å². The molecule has 0 saturated heterocycles. The summed E-state index contributed by atoms with van der Waals surface area (Å²) in [6, 6.07) is 8.59. The topological polar surface area (TPSA) is 61.6 Å². The van der Waals surface area contributed by atoms with Crippen molar-refractivity contribution in [3.05, 3.63) is 47.1 Å². The lowest BCUT2D eigenvalue weighted by Gasteiger charge is -2.06. The molecule has 0 amide bonds. The summed E-state index contributed by atoms with van der Waals surface area (Å²) in [5.41, 5.74) is 1.02. The molecule has 0 bridgehead atoms. The van der Waals surface area contributed by atoms with Gasteiger partial charge >= 0.3 is 0 Å². The minimum Gasteiger partial charge on any atom is -0.338 e. The van der Waals surface area contributed by atoms with Crippen LogP contribution in [0.4, 0.5) is 15.9 Å². The quantitative estimate of drug-likeness (QED) is 0.830. The van der Waals surface area contributed by atoms with E-state index in [-0.39, 0.29) is 11.1 Å². The molecule has 84 valence electrons.